The number of nitro groups is 1. The molecule has 0 aromatic heterocycles. The Labute approximate surface area is 245 Å². The molecule has 2 atom stereocenters. The third-order valence-electron chi connectivity index (χ3n) is 6.47. The van der Waals surface area contributed by atoms with Gasteiger partial charge in [0.1, 0.15) is 0 Å². The van der Waals surface area contributed by atoms with E-state index < -0.39 is 47.5 Å². The van der Waals surface area contributed by atoms with E-state index in [-0.39, 0.29) is 24.3 Å². The highest BCUT2D eigenvalue weighted by Crippen LogP contribution is 2.25. The first kappa shape index (κ1) is 29.8. The topological polar surface area (TPSA) is 174 Å². The van der Waals surface area contributed by atoms with Gasteiger partial charge in [-0.1, -0.05) is 35.9 Å². The zero-order valence-corrected chi connectivity index (χ0v) is 23.1. The smallest absolute Gasteiger partial charge is 0.323 e. The number of hydrogen-bond donors (Lipinski definition) is 4. The van der Waals surface area contributed by atoms with E-state index >= 15 is 0 Å². The molecule has 0 saturated carbocycles. The number of anilines is 2. The summed E-state index contributed by atoms with van der Waals surface area (Å²) in [7, 11) is 0. The minimum absolute atomic E-state index is 0.00974. The van der Waals surface area contributed by atoms with Gasteiger partial charge in [-0.25, -0.2) is 9.59 Å². The molecule has 3 aromatic rings. The molecule has 1 heterocycles. The van der Waals surface area contributed by atoms with Crippen LogP contribution in [0.15, 0.2) is 72.8 Å². The number of carboxylic acids is 1. The van der Waals surface area contributed by atoms with Gasteiger partial charge in [-0.15, -0.1) is 0 Å². The monoisotopic (exact) mass is 594 g/mol. The van der Waals surface area contributed by atoms with E-state index in [1.807, 2.05) is 13.0 Å². The van der Waals surface area contributed by atoms with Gasteiger partial charge in [0.2, 0.25) is 0 Å². The van der Waals surface area contributed by atoms with Gasteiger partial charge >= 0.3 is 18.0 Å². The summed E-state index contributed by atoms with van der Waals surface area (Å²) < 4.78 is 0. The highest BCUT2D eigenvalue weighted by atomic mass is 35.5. The molecule has 0 spiro atoms. The predicted octanol–water partition coefficient (Wildman–Crippen LogP) is 4.60. The molecular weight excluding hydrogens is 568 g/mol. The first-order chi connectivity index (χ1) is 20.0. The maximum absolute atomic E-state index is 13.8. The van der Waals surface area contributed by atoms with Gasteiger partial charge in [-0.3, -0.25) is 29.5 Å². The van der Waals surface area contributed by atoms with Gasteiger partial charge in [0.15, 0.2) is 6.17 Å². The second kappa shape index (κ2) is 13.0. The molecule has 5 amide bonds. The summed E-state index contributed by atoms with van der Waals surface area (Å²) >= 11 is 5.93. The fourth-order valence-electron chi connectivity index (χ4n) is 4.51. The lowest BCUT2D eigenvalue weighted by molar-refractivity contribution is -0.384. The third-order valence-corrected chi connectivity index (χ3v) is 6.72. The molecule has 0 radical (unpaired) electrons. The number of urea groups is 2. The largest absolute Gasteiger partial charge is 0.481 e. The lowest BCUT2D eigenvalue weighted by Gasteiger charge is -2.31. The van der Waals surface area contributed by atoms with Crippen LogP contribution in [0.1, 0.15) is 23.6 Å². The van der Waals surface area contributed by atoms with Gasteiger partial charge in [0.25, 0.3) is 11.6 Å². The van der Waals surface area contributed by atoms with E-state index in [2.05, 4.69) is 16.0 Å². The highest BCUT2D eigenvalue weighted by Gasteiger charge is 2.43. The molecule has 3 aromatic carbocycles. The van der Waals surface area contributed by atoms with E-state index in [1.165, 1.54) is 18.2 Å². The van der Waals surface area contributed by atoms with Gasteiger partial charge in [0, 0.05) is 41.6 Å². The SMILES string of the molecule is Cc1cccc(NC(=O)N2CCN(C(=O)Nc3ccc(Cl)cc3)C2C(=O)NC(CC(=O)O)c2cccc([N+](=O)[O-])c2)c1. The van der Waals surface area contributed by atoms with Crippen molar-refractivity contribution in [1.82, 2.24) is 15.1 Å². The summed E-state index contributed by atoms with van der Waals surface area (Å²) in [5, 5.41) is 29.2. The molecule has 4 rings (SSSR count). The lowest BCUT2D eigenvalue weighted by Crippen LogP contribution is -2.56. The fraction of sp³-hybridized carbons (Fsp3) is 0.214. The van der Waals surface area contributed by atoms with Crippen LogP contribution in [0.3, 0.4) is 0 Å². The third kappa shape index (κ3) is 7.31. The molecule has 42 heavy (non-hydrogen) atoms. The predicted molar refractivity (Wildman–Crippen MR) is 154 cm³/mol. The number of nitrogens with zero attached hydrogens (tertiary/aromatic N) is 3. The first-order valence-corrected chi connectivity index (χ1v) is 13.1. The Morgan fingerprint density at radius 1 is 0.952 bits per heavy atom. The normalized spacial score (nSPS) is 15.0. The fourth-order valence-corrected chi connectivity index (χ4v) is 4.64. The van der Waals surface area contributed by atoms with Crippen LogP contribution in [-0.4, -0.2) is 63.0 Å². The summed E-state index contributed by atoms with van der Waals surface area (Å²) in [5.41, 5.74) is 1.64. The number of aryl methyl sites for hydroxylation is 1. The molecule has 13 nitrogen and oxygen atoms in total. The number of carboxylic acid groups (broad SMARTS) is 1. The molecule has 14 heteroatoms. The minimum atomic E-state index is -1.47. The quantitative estimate of drug-likeness (QED) is 0.218. The Kier molecular flexibility index (Phi) is 9.22. The van der Waals surface area contributed by atoms with E-state index in [0.29, 0.717) is 16.4 Å². The van der Waals surface area contributed by atoms with Crippen LogP contribution in [0, 0.1) is 17.0 Å². The number of nitro benzene ring substituents is 1. The van der Waals surface area contributed by atoms with Crippen LogP contribution in [0.25, 0.3) is 0 Å². The van der Waals surface area contributed by atoms with Crippen molar-refractivity contribution in [1.29, 1.82) is 0 Å². The summed E-state index contributed by atoms with van der Waals surface area (Å²) in [5.74, 6) is -2.12. The lowest BCUT2D eigenvalue weighted by atomic mass is 10.0. The first-order valence-electron chi connectivity index (χ1n) is 12.8. The number of carbonyl (C=O) groups excluding carboxylic acids is 3. The second-order valence-corrected chi connectivity index (χ2v) is 9.94. The van der Waals surface area contributed by atoms with Crippen LogP contribution >= 0.6 is 11.6 Å². The number of halogens is 1. The van der Waals surface area contributed by atoms with Gasteiger partial charge < -0.3 is 21.1 Å². The zero-order chi connectivity index (χ0) is 30.4. The number of amides is 5. The van der Waals surface area contributed by atoms with Gasteiger partial charge in [-0.05, 0) is 54.4 Å². The molecule has 4 N–H and O–H groups in total. The summed E-state index contributed by atoms with van der Waals surface area (Å²) in [4.78, 5) is 65.1. The van der Waals surface area contributed by atoms with E-state index in [0.717, 1.165) is 21.4 Å². The molecule has 1 aliphatic rings. The summed E-state index contributed by atoms with van der Waals surface area (Å²) in [6, 6.07) is 16.0. The van der Waals surface area contributed by atoms with Gasteiger partial charge in [0.05, 0.1) is 17.4 Å². The Balaban J connectivity index is 1.63. The van der Waals surface area contributed by atoms with Crippen LogP contribution in [0.5, 0.6) is 0 Å². The van der Waals surface area contributed by atoms with Crippen molar-refractivity contribution in [3.63, 3.8) is 0 Å². The zero-order valence-electron chi connectivity index (χ0n) is 22.3. The molecule has 1 aliphatic heterocycles. The number of non-ortho nitro benzene ring substituents is 1. The van der Waals surface area contributed by atoms with E-state index in [4.69, 9.17) is 11.6 Å². The summed E-state index contributed by atoms with van der Waals surface area (Å²) in [6.45, 7) is 1.82. The second-order valence-electron chi connectivity index (χ2n) is 9.51. The maximum atomic E-state index is 13.8. The number of carbonyl (C=O) groups is 4. The van der Waals surface area contributed by atoms with Crippen LogP contribution in [-0.2, 0) is 9.59 Å². The average molecular weight is 595 g/mol. The molecule has 2 unspecified atom stereocenters. The number of aliphatic carboxylic acids is 1. The van der Waals surface area contributed by atoms with Crippen molar-refractivity contribution in [3.05, 3.63) is 99.1 Å². The Bertz CT molecular complexity index is 1520. The highest BCUT2D eigenvalue weighted by molar-refractivity contribution is 6.30. The average Bonchev–Trinajstić information content (AvgIpc) is 3.40. The van der Waals surface area contributed by atoms with E-state index in [9.17, 15) is 34.4 Å². The van der Waals surface area contributed by atoms with Crippen molar-refractivity contribution in [2.24, 2.45) is 0 Å². The minimum Gasteiger partial charge on any atom is -0.481 e. The van der Waals surface area contributed by atoms with Crippen molar-refractivity contribution in [2.45, 2.75) is 25.6 Å². The van der Waals surface area contributed by atoms with E-state index in [1.54, 1.807) is 42.5 Å². The Hall–Kier alpha value is -5.17. The maximum Gasteiger partial charge on any atom is 0.323 e. The molecule has 1 saturated heterocycles. The molecule has 0 bridgehead atoms. The van der Waals surface area contributed by atoms with Crippen molar-refractivity contribution >= 4 is 52.6 Å². The van der Waals surface area contributed by atoms with Crippen molar-refractivity contribution < 1.29 is 29.2 Å². The molecule has 0 aliphatic carbocycles. The van der Waals surface area contributed by atoms with Gasteiger partial charge in [-0.2, -0.15) is 0 Å². The van der Waals surface area contributed by atoms with Crippen LogP contribution in [0.2, 0.25) is 5.02 Å². The summed E-state index contributed by atoms with van der Waals surface area (Å²) in [6.07, 6.45) is -2.08. The Morgan fingerprint density at radius 2 is 1.57 bits per heavy atom. The van der Waals surface area contributed by atoms with Crippen LogP contribution < -0.4 is 16.0 Å². The van der Waals surface area contributed by atoms with Crippen molar-refractivity contribution in [3.8, 4) is 0 Å². The van der Waals surface area contributed by atoms with Crippen molar-refractivity contribution in [2.75, 3.05) is 23.7 Å². The number of rotatable bonds is 8. The number of nitrogens with one attached hydrogen (secondary N) is 3. The molecule has 218 valence electrons. The molecular formula is C28H27ClN6O7. The number of benzene rings is 3. The number of hydrogen-bond acceptors (Lipinski definition) is 6. The Morgan fingerprint density at radius 3 is 2.17 bits per heavy atom. The standard InChI is InChI=1S/C28H27ClN6O7/c1-17-4-2-6-21(14-17)31-28(40)34-13-12-33(27(39)30-20-10-8-19(29)9-11-20)26(34)25(38)32-23(16-24(36)37)18-5-3-7-22(15-18)35(41)42/h2-11,14-15,23,26H,12-13,16H2,1H3,(H,30,39)(H,31,40)(H,32,38)(H,36,37). The molecule has 1 fully saturated rings. The van der Waals surface area contributed by atoms with Crippen LogP contribution in [0.4, 0.5) is 26.7 Å².